The van der Waals surface area contributed by atoms with Crippen molar-refractivity contribution in [2.45, 2.75) is 52.7 Å². The third-order valence-electron chi connectivity index (χ3n) is 2.45. The molecular formula is C14H29N3O3. The highest BCUT2D eigenvalue weighted by Gasteiger charge is 2.06. The van der Waals surface area contributed by atoms with Crippen LogP contribution < -0.4 is 16.0 Å². The Morgan fingerprint density at radius 1 is 0.900 bits per heavy atom. The molecule has 0 aliphatic rings. The normalized spacial score (nSPS) is 10.9. The molecule has 0 saturated carbocycles. The van der Waals surface area contributed by atoms with Crippen LogP contribution in [0.4, 0.5) is 0 Å². The fourth-order valence-electron chi connectivity index (χ4n) is 1.45. The fourth-order valence-corrected chi connectivity index (χ4v) is 1.45. The van der Waals surface area contributed by atoms with E-state index in [9.17, 15) is 9.59 Å². The van der Waals surface area contributed by atoms with Crippen molar-refractivity contribution >= 4 is 11.8 Å². The summed E-state index contributed by atoms with van der Waals surface area (Å²) in [5, 5.41) is 8.69. The van der Waals surface area contributed by atoms with Gasteiger partial charge in [-0.1, -0.05) is 13.8 Å². The van der Waals surface area contributed by atoms with Crippen molar-refractivity contribution < 1.29 is 14.3 Å². The molecule has 6 heteroatoms. The quantitative estimate of drug-likeness (QED) is 0.481. The van der Waals surface area contributed by atoms with Crippen LogP contribution in [0.3, 0.4) is 0 Å². The fraction of sp³-hybridized carbons (Fsp3) is 0.857. The lowest BCUT2D eigenvalue weighted by molar-refractivity contribution is -0.126. The standard InChI is InChI=1S/C14H29N3O3/c1-11(2)15-7-8-16-13(18)5-6-14(19)17-9-10-20-12(3)4/h11-12,15H,5-10H2,1-4H3,(H,16,18)(H,17,19). The van der Waals surface area contributed by atoms with Gasteiger partial charge in [0.15, 0.2) is 0 Å². The van der Waals surface area contributed by atoms with Gasteiger partial charge in [-0.25, -0.2) is 0 Å². The summed E-state index contributed by atoms with van der Waals surface area (Å²) < 4.78 is 5.30. The number of amides is 2. The first-order valence-corrected chi connectivity index (χ1v) is 7.30. The van der Waals surface area contributed by atoms with Crippen LogP contribution in [-0.2, 0) is 14.3 Å². The Labute approximate surface area is 122 Å². The molecule has 2 amide bonds. The average Bonchev–Trinajstić information content (AvgIpc) is 2.37. The number of ether oxygens (including phenoxy) is 1. The zero-order chi connectivity index (χ0) is 15.4. The minimum absolute atomic E-state index is 0.0934. The highest BCUT2D eigenvalue weighted by atomic mass is 16.5. The van der Waals surface area contributed by atoms with Gasteiger partial charge in [0.05, 0.1) is 12.7 Å². The smallest absolute Gasteiger partial charge is 0.220 e. The van der Waals surface area contributed by atoms with E-state index >= 15 is 0 Å². The lowest BCUT2D eigenvalue weighted by Gasteiger charge is -2.10. The Balaban J connectivity index is 3.46. The minimum atomic E-state index is -0.118. The second-order valence-electron chi connectivity index (χ2n) is 5.23. The Bertz CT molecular complexity index is 253. The summed E-state index contributed by atoms with van der Waals surface area (Å²) in [7, 11) is 0. The molecule has 0 heterocycles. The Hall–Kier alpha value is -1.14. The van der Waals surface area contributed by atoms with E-state index in [1.807, 2.05) is 13.8 Å². The Kier molecular flexibility index (Phi) is 11.0. The van der Waals surface area contributed by atoms with Crippen LogP contribution in [0.15, 0.2) is 0 Å². The van der Waals surface area contributed by atoms with Gasteiger partial charge in [0, 0.05) is 38.5 Å². The molecule has 0 bridgehead atoms. The van der Waals surface area contributed by atoms with Crippen molar-refractivity contribution in [1.82, 2.24) is 16.0 Å². The number of hydrogen-bond acceptors (Lipinski definition) is 4. The third kappa shape index (κ3) is 13.3. The number of rotatable bonds is 11. The van der Waals surface area contributed by atoms with Crippen LogP contribution in [0.1, 0.15) is 40.5 Å². The van der Waals surface area contributed by atoms with Crippen LogP contribution >= 0.6 is 0 Å². The maximum atomic E-state index is 11.5. The average molecular weight is 287 g/mol. The summed E-state index contributed by atoms with van der Waals surface area (Å²) in [5.41, 5.74) is 0. The van der Waals surface area contributed by atoms with E-state index in [1.165, 1.54) is 0 Å². The lowest BCUT2D eigenvalue weighted by Crippen LogP contribution is -2.35. The number of carbonyl (C=O) groups is 2. The van der Waals surface area contributed by atoms with Crippen LogP contribution in [-0.4, -0.2) is 50.2 Å². The highest BCUT2D eigenvalue weighted by molar-refractivity contribution is 5.83. The molecule has 0 radical (unpaired) electrons. The predicted octanol–water partition coefficient (Wildman–Crippen LogP) is 0.422. The molecule has 20 heavy (non-hydrogen) atoms. The van der Waals surface area contributed by atoms with E-state index in [4.69, 9.17) is 4.74 Å². The summed E-state index contributed by atoms with van der Waals surface area (Å²) in [4.78, 5) is 22.9. The molecule has 0 saturated heterocycles. The van der Waals surface area contributed by atoms with Crippen molar-refractivity contribution in [1.29, 1.82) is 0 Å². The van der Waals surface area contributed by atoms with Crippen molar-refractivity contribution in [2.24, 2.45) is 0 Å². The summed E-state index contributed by atoms with van der Waals surface area (Å²) in [6, 6.07) is 0.408. The van der Waals surface area contributed by atoms with Crippen molar-refractivity contribution in [2.75, 3.05) is 26.2 Å². The Morgan fingerprint density at radius 2 is 1.45 bits per heavy atom. The SMILES string of the molecule is CC(C)NCCNC(=O)CCC(=O)NCCOC(C)C. The van der Waals surface area contributed by atoms with Crippen LogP contribution in [0.2, 0.25) is 0 Å². The second-order valence-corrected chi connectivity index (χ2v) is 5.23. The molecule has 0 aromatic carbocycles. The zero-order valence-corrected chi connectivity index (χ0v) is 13.1. The first kappa shape index (κ1) is 18.9. The van der Waals surface area contributed by atoms with Gasteiger partial charge in [-0.3, -0.25) is 9.59 Å². The molecule has 0 spiro atoms. The van der Waals surface area contributed by atoms with Crippen molar-refractivity contribution in [3.8, 4) is 0 Å². The monoisotopic (exact) mass is 287 g/mol. The van der Waals surface area contributed by atoms with E-state index in [-0.39, 0.29) is 30.8 Å². The number of hydrogen-bond donors (Lipinski definition) is 3. The molecule has 0 rings (SSSR count). The summed E-state index contributed by atoms with van der Waals surface area (Å²) in [5.74, 6) is -0.211. The van der Waals surface area contributed by atoms with Gasteiger partial charge in [0.25, 0.3) is 0 Å². The molecule has 0 aliphatic carbocycles. The lowest BCUT2D eigenvalue weighted by atomic mass is 10.3. The second kappa shape index (κ2) is 11.7. The van der Waals surface area contributed by atoms with Gasteiger partial charge in [-0.15, -0.1) is 0 Å². The van der Waals surface area contributed by atoms with Gasteiger partial charge in [0.1, 0.15) is 0 Å². The molecule has 6 nitrogen and oxygen atoms in total. The first-order valence-electron chi connectivity index (χ1n) is 7.30. The largest absolute Gasteiger partial charge is 0.377 e. The highest BCUT2D eigenvalue weighted by Crippen LogP contribution is 1.90. The molecule has 0 aromatic rings. The Morgan fingerprint density at radius 3 is 1.95 bits per heavy atom. The molecule has 0 aromatic heterocycles. The van der Waals surface area contributed by atoms with Gasteiger partial charge in [-0.2, -0.15) is 0 Å². The van der Waals surface area contributed by atoms with Crippen LogP contribution in [0, 0.1) is 0 Å². The number of carbonyl (C=O) groups excluding carboxylic acids is 2. The van der Waals surface area contributed by atoms with E-state index in [1.54, 1.807) is 0 Å². The molecule has 3 N–H and O–H groups in total. The van der Waals surface area contributed by atoms with Crippen LogP contribution in [0.25, 0.3) is 0 Å². The maximum Gasteiger partial charge on any atom is 0.220 e. The summed E-state index contributed by atoms with van der Waals surface area (Å²) >= 11 is 0. The van der Waals surface area contributed by atoms with Gasteiger partial charge >= 0.3 is 0 Å². The topological polar surface area (TPSA) is 79.5 Å². The molecule has 0 fully saturated rings. The third-order valence-corrected chi connectivity index (χ3v) is 2.45. The van der Waals surface area contributed by atoms with Gasteiger partial charge in [0.2, 0.25) is 11.8 Å². The van der Waals surface area contributed by atoms with Crippen molar-refractivity contribution in [3.05, 3.63) is 0 Å². The molecule has 0 atom stereocenters. The van der Waals surface area contributed by atoms with Gasteiger partial charge in [-0.05, 0) is 13.8 Å². The minimum Gasteiger partial charge on any atom is -0.377 e. The molecule has 118 valence electrons. The molecular weight excluding hydrogens is 258 g/mol. The predicted molar refractivity (Wildman–Crippen MR) is 79.5 cm³/mol. The van der Waals surface area contributed by atoms with E-state index in [0.717, 1.165) is 6.54 Å². The van der Waals surface area contributed by atoms with Gasteiger partial charge < -0.3 is 20.7 Å². The maximum absolute atomic E-state index is 11.5. The molecule has 0 aliphatic heterocycles. The first-order chi connectivity index (χ1) is 9.41. The van der Waals surface area contributed by atoms with E-state index in [0.29, 0.717) is 25.7 Å². The number of nitrogens with one attached hydrogen (secondary N) is 3. The van der Waals surface area contributed by atoms with Crippen molar-refractivity contribution in [3.63, 3.8) is 0 Å². The van der Waals surface area contributed by atoms with Crippen LogP contribution in [0.5, 0.6) is 0 Å². The zero-order valence-electron chi connectivity index (χ0n) is 13.1. The molecule has 0 unspecified atom stereocenters. The van der Waals surface area contributed by atoms with E-state index < -0.39 is 0 Å². The van der Waals surface area contributed by atoms with E-state index in [2.05, 4.69) is 29.8 Å². The summed E-state index contributed by atoms with van der Waals surface area (Å²) in [6.45, 7) is 10.3. The summed E-state index contributed by atoms with van der Waals surface area (Å²) in [6.07, 6.45) is 0.598.